The first-order valence-corrected chi connectivity index (χ1v) is 13.1. The van der Waals surface area contributed by atoms with Gasteiger partial charge in [0.05, 0.1) is 35.9 Å². The smallest absolute Gasteiger partial charge is 0.416 e. The first-order chi connectivity index (χ1) is 17.9. The highest BCUT2D eigenvalue weighted by Crippen LogP contribution is 2.36. The van der Waals surface area contributed by atoms with E-state index in [9.17, 15) is 26.4 Å². The number of anilines is 1. The predicted octanol–water partition coefficient (Wildman–Crippen LogP) is 4.86. The van der Waals surface area contributed by atoms with Gasteiger partial charge < -0.3 is 9.47 Å². The van der Waals surface area contributed by atoms with Gasteiger partial charge in [-0.3, -0.25) is 9.10 Å². The van der Waals surface area contributed by atoms with Crippen molar-refractivity contribution >= 4 is 39.4 Å². The van der Waals surface area contributed by atoms with Crippen LogP contribution in [0.15, 0.2) is 71.8 Å². The molecule has 8 nitrogen and oxygen atoms in total. The number of methoxy groups -OCH3 is 1. The Morgan fingerprint density at radius 1 is 1.08 bits per heavy atom. The van der Waals surface area contributed by atoms with Gasteiger partial charge in [0.1, 0.15) is 13.2 Å². The second kappa shape index (κ2) is 12.2. The average Bonchev–Trinajstić information content (AvgIpc) is 2.86. The summed E-state index contributed by atoms with van der Waals surface area (Å²) in [6.45, 7) is -0.528. The van der Waals surface area contributed by atoms with Gasteiger partial charge in [-0.05, 0) is 47.5 Å². The van der Waals surface area contributed by atoms with Crippen molar-refractivity contribution in [3.8, 4) is 11.5 Å². The molecule has 0 atom stereocenters. The lowest BCUT2D eigenvalue weighted by atomic mass is 10.2. The van der Waals surface area contributed by atoms with Gasteiger partial charge in [-0.15, -0.1) is 0 Å². The number of benzene rings is 3. The number of hydrogen-bond donors (Lipinski definition) is 1. The fourth-order valence-electron chi connectivity index (χ4n) is 3.22. The summed E-state index contributed by atoms with van der Waals surface area (Å²) in [5.74, 6) is -0.00659. The summed E-state index contributed by atoms with van der Waals surface area (Å²) in [6, 6.07) is 16.6. The molecule has 38 heavy (non-hydrogen) atoms. The van der Waals surface area contributed by atoms with Crippen LogP contribution in [-0.4, -0.2) is 40.4 Å². The first kappa shape index (κ1) is 28.8. The molecule has 0 saturated carbocycles. The number of halogens is 4. The van der Waals surface area contributed by atoms with Crippen LogP contribution >= 0.6 is 11.6 Å². The van der Waals surface area contributed by atoms with E-state index >= 15 is 0 Å². The van der Waals surface area contributed by atoms with E-state index in [-0.39, 0.29) is 5.02 Å². The summed E-state index contributed by atoms with van der Waals surface area (Å²) in [6.07, 6.45) is -2.71. The van der Waals surface area contributed by atoms with E-state index in [1.54, 1.807) is 18.2 Å². The number of ether oxygens (including phenoxy) is 2. The molecule has 202 valence electrons. The minimum atomic E-state index is -4.74. The molecule has 1 amide bonds. The summed E-state index contributed by atoms with van der Waals surface area (Å²) in [7, 11) is -2.71. The van der Waals surface area contributed by atoms with E-state index < -0.39 is 39.9 Å². The molecular formula is C25H23ClF3N3O5S. The molecule has 0 aromatic heterocycles. The molecule has 0 aliphatic carbocycles. The molecule has 1 N–H and O–H groups in total. The van der Waals surface area contributed by atoms with Crippen LogP contribution in [0.1, 0.15) is 16.7 Å². The second-order valence-corrected chi connectivity index (χ2v) is 10.2. The molecule has 0 bridgehead atoms. The number of rotatable bonds is 10. The zero-order valence-electron chi connectivity index (χ0n) is 20.2. The van der Waals surface area contributed by atoms with Crippen LogP contribution in [0.3, 0.4) is 0 Å². The Morgan fingerprint density at radius 2 is 1.79 bits per heavy atom. The maximum Gasteiger partial charge on any atom is 0.416 e. The van der Waals surface area contributed by atoms with Gasteiger partial charge in [0, 0.05) is 0 Å². The van der Waals surface area contributed by atoms with Crippen LogP contribution < -0.4 is 19.2 Å². The number of sulfonamides is 1. The van der Waals surface area contributed by atoms with Crippen LogP contribution in [0.5, 0.6) is 11.5 Å². The normalized spacial score (nSPS) is 11.8. The Balaban J connectivity index is 1.69. The lowest BCUT2D eigenvalue weighted by Crippen LogP contribution is -2.39. The Bertz CT molecular complexity index is 1420. The number of hydrazone groups is 1. The van der Waals surface area contributed by atoms with Crippen molar-refractivity contribution in [3.63, 3.8) is 0 Å². The van der Waals surface area contributed by atoms with Crippen molar-refractivity contribution in [2.45, 2.75) is 12.8 Å². The summed E-state index contributed by atoms with van der Waals surface area (Å²) in [4.78, 5) is 12.4. The van der Waals surface area contributed by atoms with E-state index in [0.717, 1.165) is 17.9 Å². The second-order valence-electron chi connectivity index (χ2n) is 7.91. The Kier molecular flexibility index (Phi) is 9.23. The van der Waals surface area contributed by atoms with Crippen molar-refractivity contribution in [2.24, 2.45) is 5.10 Å². The standard InChI is InChI=1S/C25H23ClF3N3O5S/c1-36-23-12-18(8-11-22(23)37-16-17-6-4-3-5-7-17)14-30-31-24(33)15-32(38(2,34)35)21-13-19(25(27,28)29)9-10-20(21)26/h3-14H,15-16H2,1-2H3,(H,31,33)/b30-14-. The average molecular weight is 570 g/mol. The third kappa shape index (κ3) is 7.86. The summed E-state index contributed by atoms with van der Waals surface area (Å²) in [5, 5.41) is 3.52. The first-order valence-electron chi connectivity index (χ1n) is 10.9. The Labute approximate surface area is 222 Å². The van der Waals surface area contributed by atoms with E-state index in [1.807, 2.05) is 30.3 Å². The predicted molar refractivity (Wildman–Crippen MR) is 138 cm³/mol. The number of amides is 1. The van der Waals surface area contributed by atoms with Gasteiger partial charge >= 0.3 is 6.18 Å². The molecule has 3 rings (SSSR count). The van der Waals surface area contributed by atoms with Gasteiger partial charge in [-0.1, -0.05) is 41.9 Å². The molecule has 3 aromatic carbocycles. The quantitative estimate of drug-likeness (QED) is 0.278. The molecule has 0 unspecified atom stereocenters. The summed E-state index contributed by atoms with van der Waals surface area (Å²) >= 11 is 5.96. The highest BCUT2D eigenvalue weighted by atomic mass is 35.5. The van der Waals surface area contributed by atoms with Crippen LogP contribution in [-0.2, 0) is 27.6 Å². The van der Waals surface area contributed by atoms with Gasteiger partial charge in [0.15, 0.2) is 11.5 Å². The van der Waals surface area contributed by atoms with Crippen LogP contribution in [0.4, 0.5) is 18.9 Å². The Morgan fingerprint density at radius 3 is 2.42 bits per heavy atom. The number of carbonyl (C=O) groups is 1. The third-order valence-corrected chi connectivity index (χ3v) is 6.50. The molecule has 0 fully saturated rings. The van der Waals surface area contributed by atoms with Crippen LogP contribution in [0.25, 0.3) is 0 Å². The lowest BCUT2D eigenvalue weighted by molar-refractivity contribution is -0.137. The van der Waals surface area contributed by atoms with E-state index in [1.165, 1.54) is 13.3 Å². The van der Waals surface area contributed by atoms with Gasteiger partial charge in [-0.2, -0.15) is 18.3 Å². The highest BCUT2D eigenvalue weighted by Gasteiger charge is 2.33. The zero-order chi connectivity index (χ0) is 27.9. The molecular weight excluding hydrogens is 547 g/mol. The maximum absolute atomic E-state index is 13.1. The third-order valence-electron chi connectivity index (χ3n) is 5.06. The minimum absolute atomic E-state index is 0.276. The molecule has 0 spiro atoms. The number of hydrogen-bond acceptors (Lipinski definition) is 6. The summed E-state index contributed by atoms with van der Waals surface area (Å²) < 4.78 is 75.5. The fourth-order valence-corrected chi connectivity index (χ4v) is 4.35. The van der Waals surface area contributed by atoms with E-state index in [4.69, 9.17) is 21.1 Å². The topological polar surface area (TPSA) is 97.3 Å². The maximum atomic E-state index is 13.1. The molecule has 3 aromatic rings. The molecule has 0 heterocycles. The molecule has 0 saturated heterocycles. The van der Waals surface area contributed by atoms with Crippen LogP contribution in [0.2, 0.25) is 5.02 Å². The highest BCUT2D eigenvalue weighted by molar-refractivity contribution is 7.92. The molecule has 13 heteroatoms. The lowest BCUT2D eigenvalue weighted by Gasteiger charge is -2.23. The Hall–Kier alpha value is -3.77. The van der Waals surface area contributed by atoms with E-state index in [0.29, 0.717) is 40.1 Å². The zero-order valence-corrected chi connectivity index (χ0v) is 21.8. The van der Waals surface area contributed by atoms with Crippen molar-refractivity contribution in [1.82, 2.24) is 5.43 Å². The summed E-state index contributed by atoms with van der Waals surface area (Å²) in [5.41, 5.74) is 2.04. The number of carbonyl (C=O) groups excluding carboxylic acids is 1. The largest absolute Gasteiger partial charge is 0.493 e. The van der Waals surface area contributed by atoms with Crippen molar-refractivity contribution in [2.75, 3.05) is 24.2 Å². The van der Waals surface area contributed by atoms with Crippen LogP contribution in [0, 0.1) is 0 Å². The van der Waals surface area contributed by atoms with Gasteiger partial charge in [-0.25, -0.2) is 13.8 Å². The monoisotopic (exact) mass is 569 g/mol. The van der Waals surface area contributed by atoms with Gasteiger partial charge in [0.25, 0.3) is 5.91 Å². The number of nitrogens with one attached hydrogen (secondary N) is 1. The number of alkyl halides is 3. The van der Waals surface area contributed by atoms with Gasteiger partial charge in [0.2, 0.25) is 10.0 Å². The minimum Gasteiger partial charge on any atom is -0.493 e. The van der Waals surface area contributed by atoms with Crippen molar-refractivity contribution < 1.29 is 35.9 Å². The molecule has 0 radical (unpaired) electrons. The van der Waals surface area contributed by atoms with E-state index in [2.05, 4.69) is 10.5 Å². The number of nitrogens with zero attached hydrogens (tertiary/aromatic N) is 2. The fraction of sp³-hybridized carbons (Fsp3) is 0.200. The van der Waals surface area contributed by atoms with Crippen molar-refractivity contribution in [1.29, 1.82) is 0 Å². The molecule has 0 aliphatic rings. The molecule has 0 aliphatic heterocycles. The SMILES string of the molecule is COc1cc(/C=N\NC(=O)CN(c2cc(C(F)(F)F)ccc2Cl)S(C)(=O)=O)ccc1OCc1ccccc1. The van der Waals surface area contributed by atoms with Crippen molar-refractivity contribution in [3.05, 3.63) is 88.4 Å².